The van der Waals surface area contributed by atoms with Crippen LogP contribution in [0.2, 0.25) is 0 Å². The van der Waals surface area contributed by atoms with E-state index < -0.39 is 0 Å². The molecule has 0 bridgehead atoms. The number of anilines is 2. The van der Waals surface area contributed by atoms with E-state index in [4.69, 9.17) is 4.52 Å². The highest BCUT2D eigenvalue weighted by molar-refractivity contribution is 6.19. The minimum atomic E-state index is -0.384. The normalized spacial score (nSPS) is 13.8. The molecule has 0 saturated heterocycles. The van der Waals surface area contributed by atoms with Crippen molar-refractivity contribution in [3.05, 3.63) is 53.9 Å². The fourth-order valence-electron chi connectivity index (χ4n) is 2.85. The molecule has 2 amide bonds. The number of benzene rings is 2. The standard InChI is InChI=1S/C17H13N3O3/c1-10-8-14(23-19-10)17(22)20-9-15(21)18-12-6-2-4-11-5-3-7-13(20)16(11)12/h2-8H,9H2,1H3,(H,18,21). The molecule has 114 valence electrons. The summed E-state index contributed by atoms with van der Waals surface area (Å²) in [5, 5.41) is 8.39. The first-order valence-corrected chi connectivity index (χ1v) is 7.20. The van der Waals surface area contributed by atoms with Crippen LogP contribution >= 0.6 is 0 Å². The number of carbonyl (C=O) groups excluding carboxylic acids is 2. The molecule has 0 aliphatic carbocycles. The van der Waals surface area contributed by atoms with Gasteiger partial charge >= 0.3 is 0 Å². The fourth-order valence-corrected chi connectivity index (χ4v) is 2.85. The Hall–Kier alpha value is -3.15. The summed E-state index contributed by atoms with van der Waals surface area (Å²) in [5.74, 6) is -0.519. The van der Waals surface area contributed by atoms with Crippen LogP contribution < -0.4 is 10.2 Å². The highest BCUT2D eigenvalue weighted by Gasteiger charge is 2.28. The van der Waals surface area contributed by atoms with Gasteiger partial charge in [-0.1, -0.05) is 29.4 Å². The van der Waals surface area contributed by atoms with E-state index >= 15 is 0 Å². The van der Waals surface area contributed by atoms with Crippen molar-refractivity contribution in [1.82, 2.24) is 5.16 Å². The lowest BCUT2D eigenvalue weighted by Crippen LogP contribution is -2.36. The first-order valence-electron chi connectivity index (χ1n) is 7.20. The molecule has 1 aromatic heterocycles. The highest BCUT2D eigenvalue weighted by Crippen LogP contribution is 2.35. The van der Waals surface area contributed by atoms with Gasteiger partial charge in [0.15, 0.2) is 0 Å². The molecule has 6 heteroatoms. The van der Waals surface area contributed by atoms with E-state index in [2.05, 4.69) is 10.5 Å². The summed E-state index contributed by atoms with van der Waals surface area (Å²) in [6.07, 6.45) is 0. The van der Waals surface area contributed by atoms with Crippen molar-refractivity contribution in [2.45, 2.75) is 6.92 Å². The van der Waals surface area contributed by atoms with Crippen LogP contribution in [0.15, 0.2) is 47.0 Å². The predicted molar refractivity (Wildman–Crippen MR) is 85.5 cm³/mol. The Morgan fingerprint density at radius 2 is 2.04 bits per heavy atom. The fraction of sp³-hybridized carbons (Fsp3) is 0.118. The number of nitrogens with one attached hydrogen (secondary N) is 1. The molecule has 23 heavy (non-hydrogen) atoms. The third-order valence-corrected chi connectivity index (χ3v) is 3.83. The number of amides is 2. The van der Waals surface area contributed by atoms with Crippen molar-refractivity contribution in [2.24, 2.45) is 0 Å². The quantitative estimate of drug-likeness (QED) is 0.750. The van der Waals surface area contributed by atoms with Gasteiger partial charge in [-0.3, -0.25) is 14.5 Å². The van der Waals surface area contributed by atoms with Crippen LogP contribution in [-0.4, -0.2) is 23.5 Å². The molecule has 4 rings (SSSR count). The van der Waals surface area contributed by atoms with Crippen LogP contribution in [0.5, 0.6) is 0 Å². The van der Waals surface area contributed by atoms with E-state index in [1.807, 2.05) is 36.4 Å². The molecular formula is C17H13N3O3. The lowest BCUT2D eigenvalue weighted by Gasteiger charge is -2.19. The zero-order valence-electron chi connectivity index (χ0n) is 12.4. The number of aromatic nitrogens is 1. The Bertz CT molecular complexity index is 940. The minimum Gasteiger partial charge on any atom is -0.351 e. The van der Waals surface area contributed by atoms with Crippen molar-refractivity contribution >= 4 is 34.0 Å². The van der Waals surface area contributed by atoms with E-state index in [1.165, 1.54) is 4.90 Å². The van der Waals surface area contributed by atoms with Gasteiger partial charge in [0.2, 0.25) is 11.7 Å². The SMILES string of the molecule is Cc1cc(C(=O)N2CC(=O)Nc3cccc4cccc2c34)on1. The van der Waals surface area contributed by atoms with Crippen LogP contribution in [0.4, 0.5) is 11.4 Å². The van der Waals surface area contributed by atoms with Crippen LogP contribution in [0.3, 0.4) is 0 Å². The number of hydrogen-bond acceptors (Lipinski definition) is 4. The van der Waals surface area contributed by atoms with Crippen molar-refractivity contribution in [3.63, 3.8) is 0 Å². The molecule has 0 fully saturated rings. The van der Waals surface area contributed by atoms with Crippen molar-refractivity contribution < 1.29 is 14.1 Å². The lowest BCUT2D eigenvalue weighted by molar-refractivity contribution is -0.114. The molecule has 0 saturated carbocycles. The molecule has 0 unspecified atom stereocenters. The van der Waals surface area contributed by atoms with Gasteiger partial charge in [0.25, 0.3) is 5.91 Å². The van der Waals surface area contributed by atoms with Crippen molar-refractivity contribution in [3.8, 4) is 0 Å². The van der Waals surface area contributed by atoms with E-state index in [0.29, 0.717) is 17.1 Å². The molecule has 3 aromatic rings. The second-order valence-electron chi connectivity index (χ2n) is 5.45. The van der Waals surface area contributed by atoms with Gasteiger partial charge in [-0.2, -0.15) is 0 Å². The first-order chi connectivity index (χ1) is 11.1. The zero-order chi connectivity index (χ0) is 16.0. The third-order valence-electron chi connectivity index (χ3n) is 3.83. The Labute approximate surface area is 131 Å². The van der Waals surface area contributed by atoms with Gasteiger partial charge in [-0.05, 0) is 24.4 Å². The van der Waals surface area contributed by atoms with Crippen LogP contribution in [0.25, 0.3) is 10.8 Å². The second-order valence-corrected chi connectivity index (χ2v) is 5.45. The van der Waals surface area contributed by atoms with E-state index in [-0.39, 0.29) is 24.1 Å². The Kier molecular flexibility index (Phi) is 2.90. The molecule has 6 nitrogen and oxygen atoms in total. The number of aryl methyl sites for hydroxylation is 1. The van der Waals surface area contributed by atoms with Gasteiger partial charge in [-0.25, -0.2) is 0 Å². The monoisotopic (exact) mass is 307 g/mol. The first kappa shape index (κ1) is 13.5. The van der Waals surface area contributed by atoms with Gasteiger partial charge in [-0.15, -0.1) is 0 Å². The minimum absolute atomic E-state index is 0.0770. The van der Waals surface area contributed by atoms with E-state index in [1.54, 1.807) is 13.0 Å². The smallest absolute Gasteiger partial charge is 0.297 e. The molecule has 1 aliphatic rings. The predicted octanol–water partition coefficient (Wildman–Crippen LogP) is 2.74. The van der Waals surface area contributed by atoms with Gasteiger partial charge in [0.05, 0.1) is 17.1 Å². The summed E-state index contributed by atoms with van der Waals surface area (Å²) in [5.41, 5.74) is 1.99. The van der Waals surface area contributed by atoms with Crippen LogP contribution in [0, 0.1) is 6.92 Å². The van der Waals surface area contributed by atoms with E-state index in [9.17, 15) is 9.59 Å². The third kappa shape index (κ3) is 2.15. The number of nitrogens with zero attached hydrogens (tertiary/aromatic N) is 2. The summed E-state index contributed by atoms with van der Waals surface area (Å²) in [6.45, 7) is 1.66. The summed E-state index contributed by atoms with van der Waals surface area (Å²) < 4.78 is 5.07. The Morgan fingerprint density at radius 1 is 1.26 bits per heavy atom. The van der Waals surface area contributed by atoms with Crippen LogP contribution in [0.1, 0.15) is 16.2 Å². The maximum absolute atomic E-state index is 12.8. The molecule has 2 heterocycles. The summed E-state index contributed by atoms with van der Waals surface area (Å²) in [4.78, 5) is 26.4. The van der Waals surface area contributed by atoms with Gasteiger partial charge in [0.1, 0.15) is 6.54 Å². The molecule has 0 atom stereocenters. The largest absolute Gasteiger partial charge is 0.351 e. The maximum atomic E-state index is 12.8. The maximum Gasteiger partial charge on any atom is 0.297 e. The average Bonchev–Trinajstić information content (AvgIpc) is 2.92. The number of hydrogen-bond donors (Lipinski definition) is 1. The number of carbonyl (C=O) groups is 2. The summed E-state index contributed by atoms with van der Waals surface area (Å²) >= 11 is 0. The highest BCUT2D eigenvalue weighted by atomic mass is 16.5. The van der Waals surface area contributed by atoms with Crippen LogP contribution in [-0.2, 0) is 4.79 Å². The van der Waals surface area contributed by atoms with Gasteiger partial charge < -0.3 is 9.84 Å². The molecule has 2 aromatic carbocycles. The average molecular weight is 307 g/mol. The molecular weight excluding hydrogens is 294 g/mol. The Balaban J connectivity index is 1.92. The molecule has 0 spiro atoms. The molecule has 1 N–H and O–H groups in total. The second kappa shape index (κ2) is 4.95. The zero-order valence-corrected chi connectivity index (χ0v) is 12.4. The van der Waals surface area contributed by atoms with E-state index in [0.717, 1.165) is 10.8 Å². The summed E-state index contributed by atoms with van der Waals surface area (Å²) in [6, 6.07) is 12.9. The van der Waals surface area contributed by atoms with Gasteiger partial charge in [0, 0.05) is 11.5 Å². The Morgan fingerprint density at radius 3 is 2.78 bits per heavy atom. The molecule has 1 aliphatic heterocycles. The lowest BCUT2D eigenvalue weighted by atomic mass is 10.1. The molecule has 0 radical (unpaired) electrons. The summed E-state index contributed by atoms with van der Waals surface area (Å²) in [7, 11) is 0. The van der Waals surface area contributed by atoms with Crippen molar-refractivity contribution in [2.75, 3.05) is 16.8 Å². The number of rotatable bonds is 1. The topological polar surface area (TPSA) is 75.4 Å². The van der Waals surface area contributed by atoms with Crippen molar-refractivity contribution in [1.29, 1.82) is 0 Å².